The minimum atomic E-state index is -0.775. The molecule has 1 aromatic rings. The number of allylic oxidation sites excluding steroid dienone is 1. The zero-order valence-corrected chi connectivity index (χ0v) is 18.0. The third-order valence-electron chi connectivity index (χ3n) is 6.12. The largest absolute Gasteiger partial charge is 0.350 e. The second-order valence-electron chi connectivity index (χ2n) is 8.22. The molecule has 3 atom stereocenters. The summed E-state index contributed by atoms with van der Waals surface area (Å²) < 4.78 is 0. The number of likely N-dealkylation sites (tertiary alicyclic amines) is 1. The average Bonchev–Trinajstić information content (AvgIpc) is 3.34. The molecule has 2 aliphatic rings. The fourth-order valence-electron chi connectivity index (χ4n) is 4.49. The second-order valence-corrected chi connectivity index (χ2v) is 8.62. The number of amides is 4. The van der Waals surface area contributed by atoms with Gasteiger partial charge in [-0.25, -0.2) is 4.79 Å². The van der Waals surface area contributed by atoms with Crippen LogP contribution in [0.2, 0.25) is 5.02 Å². The normalized spacial score (nSPS) is 23.4. The lowest BCUT2D eigenvalue weighted by Crippen LogP contribution is -2.51. The van der Waals surface area contributed by atoms with Gasteiger partial charge in [-0.1, -0.05) is 42.3 Å². The minimum absolute atomic E-state index is 0.198. The zero-order chi connectivity index (χ0) is 21.5. The molecule has 1 saturated carbocycles. The number of hydrogen-bond donors (Lipinski definition) is 2. The third-order valence-corrected chi connectivity index (χ3v) is 6.49. The predicted molar refractivity (Wildman–Crippen MR) is 117 cm³/mol. The van der Waals surface area contributed by atoms with E-state index in [0.717, 1.165) is 29.7 Å². The zero-order valence-electron chi connectivity index (χ0n) is 17.2. The molecule has 1 heterocycles. The Balaban J connectivity index is 1.47. The highest BCUT2D eigenvalue weighted by molar-refractivity contribution is 6.31. The number of nitrogens with one attached hydrogen (secondary N) is 2. The summed E-state index contributed by atoms with van der Waals surface area (Å²) in [4.78, 5) is 38.6. The van der Waals surface area contributed by atoms with Crippen molar-refractivity contribution in [1.82, 2.24) is 15.5 Å². The van der Waals surface area contributed by atoms with Crippen LogP contribution in [0.4, 0.5) is 4.79 Å². The minimum Gasteiger partial charge on any atom is -0.350 e. The van der Waals surface area contributed by atoms with Crippen molar-refractivity contribution in [3.8, 4) is 0 Å². The fourth-order valence-corrected chi connectivity index (χ4v) is 4.69. The van der Waals surface area contributed by atoms with Crippen LogP contribution in [0, 0.1) is 11.8 Å². The van der Waals surface area contributed by atoms with Crippen molar-refractivity contribution in [3.05, 3.63) is 47.5 Å². The molecule has 0 aromatic heterocycles. The van der Waals surface area contributed by atoms with Gasteiger partial charge in [0.2, 0.25) is 11.8 Å². The van der Waals surface area contributed by atoms with E-state index in [1.54, 1.807) is 6.07 Å². The molecule has 6 nitrogen and oxygen atoms in total. The number of hydrogen-bond acceptors (Lipinski definition) is 3. The molecular weight excluding hydrogens is 402 g/mol. The molecule has 3 unspecified atom stereocenters. The third kappa shape index (κ3) is 5.63. The van der Waals surface area contributed by atoms with Crippen LogP contribution in [0.1, 0.15) is 50.5 Å². The van der Waals surface area contributed by atoms with E-state index in [0.29, 0.717) is 29.8 Å². The lowest BCUT2D eigenvalue weighted by molar-refractivity contribution is -0.132. The van der Waals surface area contributed by atoms with Crippen LogP contribution in [-0.4, -0.2) is 35.3 Å². The molecule has 0 bridgehead atoms. The Morgan fingerprint density at radius 1 is 1.17 bits per heavy atom. The summed E-state index contributed by atoms with van der Waals surface area (Å²) in [5, 5.41) is 6.21. The summed E-state index contributed by atoms with van der Waals surface area (Å²) in [5.74, 6) is 0.657. The Bertz CT molecular complexity index is 798. The predicted octanol–water partition coefficient (Wildman–Crippen LogP) is 4.04. The Kier molecular flexibility index (Phi) is 7.91. The van der Waals surface area contributed by atoms with Crippen LogP contribution in [0.3, 0.4) is 0 Å². The molecule has 1 aliphatic heterocycles. The van der Waals surface area contributed by atoms with Gasteiger partial charge in [0.15, 0.2) is 0 Å². The van der Waals surface area contributed by atoms with Crippen molar-refractivity contribution in [2.45, 2.75) is 57.5 Å². The van der Waals surface area contributed by atoms with Gasteiger partial charge >= 0.3 is 6.03 Å². The van der Waals surface area contributed by atoms with E-state index < -0.39 is 12.1 Å². The number of benzene rings is 1. The first-order chi connectivity index (χ1) is 14.5. The van der Waals surface area contributed by atoms with Crippen molar-refractivity contribution >= 4 is 29.4 Å². The summed E-state index contributed by atoms with van der Waals surface area (Å²) in [6.07, 6.45) is 8.01. The van der Waals surface area contributed by atoms with Crippen molar-refractivity contribution in [2.75, 3.05) is 6.54 Å². The average molecular weight is 432 g/mol. The first kappa shape index (κ1) is 22.3. The van der Waals surface area contributed by atoms with Gasteiger partial charge in [-0.15, -0.1) is 6.58 Å². The number of carbonyl (C=O) groups excluding carboxylic acids is 3. The SMILES string of the molecule is C=CCC1CCC(CCNC(=O)N2C(=O)CCC2C(=O)NCc2ccccc2Cl)C1. The van der Waals surface area contributed by atoms with Crippen LogP contribution in [-0.2, 0) is 16.1 Å². The molecule has 4 amide bonds. The smallest absolute Gasteiger partial charge is 0.324 e. The molecule has 1 saturated heterocycles. The first-order valence-electron chi connectivity index (χ1n) is 10.7. The number of halogens is 1. The highest BCUT2D eigenvalue weighted by Crippen LogP contribution is 2.34. The van der Waals surface area contributed by atoms with E-state index in [1.165, 1.54) is 12.8 Å². The quantitative estimate of drug-likeness (QED) is 0.609. The molecule has 7 heteroatoms. The molecule has 0 radical (unpaired) electrons. The summed E-state index contributed by atoms with van der Waals surface area (Å²) in [7, 11) is 0. The molecule has 162 valence electrons. The Morgan fingerprint density at radius 3 is 2.70 bits per heavy atom. The lowest BCUT2D eigenvalue weighted by atomic mass is 10.00. The van der Waals surface area contributed by atoms with Gasteiger partial charge in [0.25, 0.3) is 0 Å². The van der Waals surface area contributed by atoms with Gasteiger partial charge < -0.3 is 10.6 Å². The molecule has 3 rings (SSSR count). The van der Waals surface area contributed by atoms with Crippen LogP contribution in [0.25, 0.3) is 0 Å². The van der Waals surface area contributed by atoms with Gasteiger partial charge in [-0.3, -0.25) is 14.5 Å². The van der Waals surface area contributed by atoms with Crippen molar-refractivity contribution < 1.29 is 14.4 Å². The second kappa shape index (κ2) is 10.6. The fraction of sp³-hybridized carbons (Fsp3) is 0.522. The van der Waals surface area contributed by atoms with Gasteiger partial charge in [-0.2, -0.15) is 0 Å². The first-order valence-corrected chi connectivity index (χ1v) is 11.1. The Labute approximate surface area is 183 Å². The van der Waals surface area contributed by atoms with Crippen molar-refractivity contribution in [1.29, 1.82) is 0 Å². The van der Waals surface area contributed by atoms with E-state index >= 15 is 0 Å². The van der Waals surface area contributed by atoms with Crippen LogP contribution in [0.5, 0.6) is 0 Å². The van der Waals surface area contributed by atoms with Crippen molar-refractivity contribution in [2.24, 2.45) is 11.8 Å². The topological polar surface area (TPSA) is 78.5 Å². The van der Waals surface area contributed by atoms with Gasteiger partial charge in [-0.05, 0) is 55.6 Å². The maximum absolute atomic E-state index is 12.6. The van der Waals surface area contributed by atoms with Gasteiger partial charge in [0.05, 0.1) is 0 Å². The molecule has 2 N–H and O–H groups in total. The molecule has 30 heavy (non-hydrogen) atoms. The number of nitrogens with zero attached hydrogens (tertiary/aromatic N) is 1. The highest BCUT2D eigenvalue weighted by atomic mass is 35.5. The van der Waals surface area contributed by atoms with Gasteiger partial charge in [0.1, 0.15) is 6.04 Å². The maximum atomic E-state index is 12.6. The van der Waals surface area contributed by atoms with Crippen LogP contribution in [0.15, 0.2) is 36.9 Å². The highest BCUT2D eigenvalue weighted by Gasteiger charge is 2.40. The summed E-state index contributed by atoms with van der Waals surface area (Å²) in [6.45, 7) is 4.58. The lowest BCUT2D eigenvalue weighted by Gasteiger charge is -2.23. The molecule has 0 spiro atoms. The summed E-state index contributed by atoms with van der Waals surface area (Å²) in [6, 6.07) is 6.00. The van der Waals surface area contributed by atoms with Crippen LogP contribution < -0.4 is 10.6 Å². The summed E-state index contributed by atoms with van der Waals surface area (Å²) in [5.41, 5.74) is 0.791. The van der Waals surface area contributed by atoms with E-state index in [9.17, 15) is 14.4 Å². The number of urea groups is 1. The monoisotopic (exact) mass is 431 g/mol. The van der Waals surface area contributed by atoms with E-state index in [1.807, 2.05) is 24.3 Å². The van der Waals surface area contributed by atoms with Gasteiger partial charge in [0, 0.05) is 24.5 Å². The standard InChI is InChI=1S/C23H30ClN3O3/c1-2-5-16-8-9-17(14-16)12-13-25-23(30)27-20(10-11-21(27)28)22(29)26-15-18-6-3-4-7-19(18)24/h2-4,6-7,16-17,20H,1,5,8-15H2,(H,25,30)(H,26,29). The molecule has 1 aliphatic carbocycles. The van der Waals surface area contributed by atoms with E-state index in [2.05, 4.69) is 17.2 Å². The number of imide groups is 1. The maximum Gasteiger partial charge on any atom is 0.324 e. The molecule has 2 fully saturated rings. The Morgan fingerprint density at radius 2 is 1.93 bits per heavy atom. The molecule has 1 aromatic carbocycles. The van der Waals surface area contributed by atoms with Crippen molar-refractivity contribution in [3.63, 3.8) is 0 Å². The number of carbonyl (C=O) groups is 3. The Hall–Kier alpha value is -2.34. The van der Waals surface area contributed by atoms with E-state index in [4.69, 9.17) is 11.6 Å². The van der Waals surface area contributed by atoms with E-state index in [-0.39, 0.29) is 24.8 Å². The number of rotatable bonds is 8. The van der Waals surface area contributed by atoms with Crippen LogP contribution >= 0.6 is 11.6 Å². The molecular formula is C23H30ClN3O3. The summed E-state index contributed by atoms with van der Waals surface area (Å²) >= 11 is 6.12.